The number of methoxy groups -OCH3 is 1. The lowest BCUT2D eigenvalue weighted by Crippen LogP contribution is -2.37. The average molecular weight is 317 g/mol. The minimum atomic E-state index is -0.333. The highest BCUT2D eigenvalue weighted by atomic mass is 16.5. The molecule has 1 fully saturated rings. The Morgan fingerprint density at radius 1 is 1.22 bits per heavy atom. The SMILES string of the molecule is COc1ccccc1/C=C/C(=O)N1CCCN(CC(N)=O)CC1. The molecule has 0 aromatic heterocycles. The van der Waals surface area contributed by atoms with E-state index in [2.05, 4.69) is 0 Å². The predicted molar refractivity (Wildman–Crippen MR) is 88.9 cm³/mol. The van der Waals surface area contributed by atoms with Gasteiger partial charge in [0.1, 0.15) is 5.75 Å². The van der Waals surface area contributed by atoms with E-state index in [0.29, 0.717) is 19.6 Å². The number of hydrogen-bond donors (Lipinski definition) is 1. The highest BCUT2D eigenvalue weighted by molar-refractivity contribution is 5.92. The molecule has 0 bridgehead atoms. The summed E-state index contributed by atoms with van der Waals surface area (Å²) in [5, 5.41) is 0. The van der Waals surface area contributed by atoms with E-state index in [0.717, 1.165) is 24.3 Å². The Labute approximate surface area is 136 Å². The van der Waals surface area contributed by atoms with Crippen LogP contribution >= 0.6 is 0 Å². The van der Waals surface area contributed by atoms with Crippen molar-refractivity contribution in [3.8, 4) is 5.75 Å². The Morgan fingerprint density at radius 2 is 2.00 bits per heavy atom. The molecule has 0 atom stereocenters. The number of primary amides is 1. The number of para-hydroxylation sites is 1. The van der Waals surface area contributed by atoms with E-state index < -0.39 is 0 Å². The first-order chi connectivity index (χ1) is 11.1. The van der Waals surface area contributed by atoms with Crippen LogP contribution in [0.3, 0.4) is 0 Å². The van der Waals surface area contributed by atoms with Gasteiger partial charge >= 0.3 is 0 Å². The molecule has 124 valence electrons. The summed E-state index contributed by atoms with van der Waals surface area (Å²) in [6.45, 7) is 2.98. The Morgan fingerprint density at radius 3 is 2.74 bits per heavy atom. The molecule has 2 rings (SSSR count). The number of carbonyl (C=O) groups is 2. The molecule has 1 aromatic carbocycles. The molecule has 23 heavy (non-hydrogen) atoms. The van der Waals surface area contributed by atoms with E-state index >= 15 is 0 Å². The van der Waals surface area contributed by atoms with Crippen molar-refractivity contribution in [2.75, 3.05) is 39.8 Å². The Hall–Kier alpha value is -2.34. The zero-order valence-electron chi connectivity index (χ0n) is 13.4. The maximum atomic E-state index is 12.3. The zero-order valence-corrected chi connectivity index (χ0v) is 13.4. The average Bonchev–Trinajstić information content (AvgIpc) is 2.78. The van der Waals surface area contributed by atoms with Crippen molar-refractivity contribution in [1.82, 2.24) is 9.80 Å². The molecule has 6 heteroatoms. The molecule has 0 aliphatic carbocycles. The second-order valence-electron chi connectivity index (χ2n) is 5.50. The lowest BCUT2D eigenvalue weighted by atomic mass is 10.2. The number of ether oxygens (including phenoxy) is 1. The van der Waals surface area contributed by atoms with Crippen LogP contribution in [0.5, 0.6) is 5.75 Å². The fraction of sp³-hybridized carbons (Fsp3) is 0.412. The summed E-state index contributed by atoms with van der Waals surface area (Å²) in [6, 6.07) is 7.55. The van der Waals surface area contributed by atoms with Gasteiger partial charge in [0.15, 0.2) is 0 Å². The lowest BCUT2D eigenvalue weighted by Gasteiger charge is -2.20. The predicted octanol–water partition coefficient (Wildman–Crippen LogP) is 0.728. The molecular formula is C17H23N3O3. The van der Waals surface area contributed by atoms with Gasteiger partial charge in [-0.15, -0.1) is 0 Å². The van der Waals surface area contributed by atoms with Crippen LogP contribution in [-0.4, -0.2) is 61.4 Å². The van der Waals surface area contributed by atoms with E-state index in [-0.39, 0.29) is 18.4 Å². The van der Waals surface area contributed by atoms with Crippen LogP contribution < -0.4 is 10.5 Å². The molecule has 1 aromatic rings. The molecule has 0 spiro atoms. The van der Waals surface area contributed by atoms with Crippen LogP contribution in [0.1, 0.15) is 12.0 Å². The molecule has 1 aliphatic heterocycles. The third-order valence-electron chi connectivity index (χ3n) is 3.82. The summed E-state index contributed by atoms with van der Waals surface area (Å²) in [6.07, 6.45) is 4.18. The minimum Gasteiger partial charge on any atom is -0.496 e. The van der Waals surface area contributed by atoms with E-state index in [9.17, 15) is 9.59 Å². The first-order valence-electron chi connectivity index (χ1n) is 7.71. The van der Waals surface area contributed by atoms with Crippen molar-refractivity contribution < 1.29 is 14.3 Å². The normalized spacial score (nSPS) is 16.3. The molecule has 2 N–H and O–H groups in total. The van der Waals surface area contributed by atoms with Crippen molar-refractivity contribution >= 4 is 17.9 Å². The topological polar surface area (TPSA) is 75.9 Å². The second kappa shape index (κ2) is 8.33. The molecule has 0 unspecified atom stereocenters. The monoisotopic (exact) mass is 317 g/mol. The number of hydrogen-bond acceptors (Lipinski definition) is 4. The number of rotatable bonds is 5. The fourth-order valence-corrected chi connectivity index (χ4v) is 2.64. The molecule has 1 saturated heterocycles. The van der Waals surface area contributed by atoms with Crippen LogP contribution in [-0.2, 0) is 9.59 Å². The maximum absolute atomic E-state index is 12.3. The van der Waals surface area contributed by atoms with Crippen LogP contribution in [0.15, 0.2) is 30.3 Å². The quantitative estimate of drug-likeness (QED) is 0.812. The van der Waals surface area contributed by atoms with Crippen molar-refractivity contribution in [3.05, 3.63) is 35.9 Å². The fourth-order valence-electron chi connectivity index (χ4n) is 2.64. The van der Waals surface area contributed by atoms with Gasteiger partial charge in [0.2, 0.25) is 11.8 Å². The summed E-state index contributed by atoms with van der Waals surface area (Å²) in [7, 11) is 1.61. The Bertz CT molecular complexity index is 586. The lowest BCUT2D eigenvalue weighted by molar-refractivity contribution is -0.125. The van der Waals surface area contributed by atoms with Crippen LogP contribution in [0.25, 0.3) is 6.08 Å². The van der Waals surface area contributed by atoms with E-state index in [1.807, 2.05) is 29.2 Å². The van der Waals surface area contributed by atoms with Gasteiger partial charge in [-0.1, -0.05) is 18.2 Å². The van der Waals surface area contributed by atoms with Crippen molar-refractivity contribution in [1.29, 1.82) is 0 Å². The first kappa shape index (κ1) is 17.0. The summed E-state index contributed by atoms with van der Waals surface area (Å²) in [5.74, 6) is 0.373. The minimum absolute atomic E-state index is 0.0307. The third-order valence-corrected chi connectivity index (χ3v) is 3.82. The Balaban J connectivity index is 1.95. The molecule has 0 radical (unpaired) electrons. The van der Waals surface area contributed by atoms with Crippen LogP contribution in [0.2, 0.25) is 0 Å². The molecule has 1 heterocycles. The number of amides is 2. The summed E-state index contributed by atoms with van der Waals surface area (Å²) in [5.41, 5.74) is 6.09. The molecule has 0 saturated carbocycles. The molecule has 6 nitrogen and oxygen atoms in total. The first-order valence-corrected chi connectivity index (χ1v) is 7.71. The van der Waals surface area contributed by atoms with Gasteiger partial charge in [-0.25, -0.2) is 0 Å². The number of carbonyl (C=O) groups excluding carboxylic acids is 2. The summed E-state index contributed by atoms with van der Waals surface area (Å²) < 4.78 is 5.27. The third kappa shape index (κ3) is 5.10. The van der Waals surface area contributed by atoms with Crippen molar-refractivity contribution in [3.63, 3.8) is 0 Å². The van der Waals surface area contributed by atoms with E-state index in [1.54, 1.807) is 24.2 Å². The second-order valence-corrected chi connectivity index (χ2v) is 5.50. The van der Waals surface area contributed by atoms with Gasteiger partial charge in [-0.05, 0) is 18.6 Å². The number of benzene rings is 1. The zero-order chi connectivity index (χ0) is 16.7. The van der Waals surface area contributed by atoms with Gasteiger partial charge < -0.3 is 15.4 Å². The van der Waals surface area contributed by atoms with Crippen molar-refractivity contribution in [2.45, 2.75) is 6.42 Å². The van der Waals surface area contributed by atoms with Gasteiger partial charge in [0, 0.05) is 37.8 Å². The maximum Gasteiger partial charge on any atom is 0.246 e. The number of nitrogens with zero attached hydrogens (tertiary/aromatic N) is 2. The van der Waals surface area contributed by atoms with Crippen LogP contribution in [0, 0.1) is 0 Å². The van der Waals surface area contributed by atoms with Gasteiger partial charge in [-0.3, -0.25) is 14.5 Å². The molecular weight excluding hydrogens is 294 g/mol. The van der Waals surface area contributed by atoms with Crippen LogP contribution in [0.4, 0.5) is 0 Å². The molecule has 1 aliphatic rings. The smallest absolute Gasteiger partial charge is 0.246 e. The highest BCUT2D eigenvalue weighted by Crippen LogP contribution is 2.18. The Kier molecular flexibility index (Phi) is 6.17. The highest BCUT2D eigenvalue weighted by Gasteiger charge is 2.18. The van der Waals surface area contributed by atoms with E-state index in [4.69, 9.17) is 10.5 Å². The molecule has 2 amide bonds. The summed E-state index contributed by atoms with van der Waals surface area (Å²) in [4.78, 5) is 27.1. The van der Waals surface area contributed by atoms with Gasteiger partial charge in [0.25, 0.3) is 0 Å². The van der Waals surface area contributed by atoms with E-state index in [1.165, 1.54) is 0 Å². The largest absolute Gasteiger partial charge is 0.496 e. The van der Waals surface area contributed by atoms with Gasteiger partial charge in [0.05, 0.1) is 13.7 Å². The van der Waals surface area contributed by atoms with Gasteiger partial charge in [-0.2, -0.15) is 0 Å². The number of nitrogens with two attached hydrogens (primary N) is 1. The standard InChI is InChI=1S/C17H23N3O3/c1-23-15-6-3-2-5-14(15)7-8-17(22)20-10-4-9-19(11-12-20)13-16(18)21/h2-3,5-8H,4,9-13H2,1H3,(H2,18,21)/b8-7+. The van der Waals surface area contributed by atoms with Crippen molar-refractivity contribution in [2.24, 2.45) is 5.73 Å². The summed E-state index contributed by atoms with van der Waals surface area (Å²) >= 11 is 0.